The number of ketones is 1. The van der Waals surface area contributed by atoms with E-state index < -0.39 is 11.7 Å². The van der Waals surface area contributed by atoms with Crippen molar-refractivity contribution in [3.63, 3.8) is 0 Å². The Morgan fingerprint density at radius 2 is 1.76 bits per heavy atom. The molecular formula is C34H42N4O4. The SMILES string of the molecule is C=C/C=C\c1cc(-c2ccccc2)c(C(=O)C(=O)Nc2ccc(N(CCOCC)C(=NC(C)(C)C)OC)cc2)n1CC. The molecule has 1 heterocycles. The third-order valence-electron chi connectivity index (χ3n) is 6.30. The van der Waals surface area contributed by atoms with Gasteiger partial charge in [0, 0.05) is 35.8 Å². The largest absolute Gasteiger partial charge is 0.468 e. The summed E-state index contributed by atoms with van der Waals surface area (Å²) in [7, 11) is 1.59. The maximum Gasteiger partial charge on any atom is 0.298 e. The summed E-state index contributed by atoms with van der Waals surface area (Å²) in [5.41, 5.74) is 3.68. The number of benzene rings is 2. The summed E-state index contributed by atoms with van der Waals surface area (Å²) in [4.78, 5) is 33.6. The monoisotopic (exact) mass is 570 g/mol. The van der Waals surface area contributed by atoms with E-state index in [4.69, 9.17) is 14.5 Å². The topological polar surface area (TPSA) is 85.2 Å². The van der Waals surface area contributed by atoms with Crippen molar-refractivity contribution < 1.29 is 19.1 Å². The Morgan fingerprint density at radius 1 is 1.07 bits per heavy atom. The minimum absolute atomic E-state index is 0.340. The minimum Gasteiger partial charge on any atom is -0.468 e. The lowest BCUT2D eigenvalue weighted by molar-refractivity contribution is -0.112. The zero-order chi connectivity index (χ0) is 30.7. The van der Waals surface area contributed by atoms with Gasteiger partial charge >= 0.3 is 0 Å². The van der Waals surface area contributed by atoms with Gasteiger partial charge in [0.1, 0.15) is 5.69 Å². The molecule has 0 aliphatic heterocycles. The second kappa shape index (κ2) is 15.0. The fourth-order valence-corrected chi connectivity index (χ4v) is 4.46. The maximum atomic E-state index is 13.7. The molecule has 0 saturated carbocycles. The number of carbonyl (C=O) groups excluding carboxylic acids is 2. The molecule has 222 valence electrons. The number of Topliss-reactive ketones (excluding diaryl/α,β-unsaturated/α-hetero) is 1. The van der Waals surface area contributed by atoms with E-state index in [1.54, 1.807) is 25.3 Å². The molecule has 1 aromatic heterocycles. The number of anilines is 2. The number of hydrogen-bond donors (Lipinski definition) is 1. The number of rotatable bonds is 12. The average Bonchev–Trinajstić information content (AvgIpc) is 3.35. The van der Waals surface area contributed by atoms with Gasteiger partial charge in [-0.1, -0.05) is 49.1 Å². The zero-order valence-electron chi connectivity index (χ0n) is 25.5. The first-order valence-corrected chi connectivity index (χ1v) is 14.2. The first-order chi connectivity index (χ1) is 20.1. The summed E-state index contributed by atoms with van der Waals surface area (Å²) < 4.78 is 13.1. The molecule has 8 heteroatoms. The third kappa shape index (κ3) is 8.30. The first kappa shape index (κ1) is 32.1. The van der Waals surface area contributed by atoms with Crippen LogP contribution in [0.4, 0.5) is 11.4 Å². The van der Waals surface area contributed by atoms with E-state index in [1.807, 2.05) is 105 Å². The molecule has 0 saturated heterocycles. The van der Waals surface area contributed by atoms with Gasteiger partial charge in [-0.05, 0) is 76.6 Å². The van der Waals surface area contributed by atoms with Crippen LogP contribution < -0.4 is 10.2 Å². The van der Waals surface area contributed by atoms with Crippen LogP contribution in [-0.2, 0) is 20.8 Å². The van der Waals surface area contributed by atoms with Crippen LogP contribution in [0, 0.1) is 0 Å². The molecule has 2 aromatic carbocycles. The Balaban J connectivity index is 1.91. The Morgan fingerprint density at radius 3 is 2.33 bits per heavy atom. The van der Waals surface area contributed by atoms with Crippen LogP contribution in [0.3, 0.4) is 0 Å². The standard InChI is InChI=1S/C34H42N4O4/c1-8-11-17-28-24-29(25-15-13-12-14-16-25)30(37(28)9-2)31(39)32(40)35-26-18-20-27(21-19-26)38(22-23-42-10-3)33(41-7)36-34(4,5)6/h8,11-21,24H,1,9-10,22-23H2,2-7H3,(H,35,40)/b17-11-,36-33?. The molecule has 1 N–H and O–H groups in total. The second-order valence-corrected chi connectivity index (χ2v) is 10.5. The van der Waals surface area contributed by atoms with E-state index in [0.29, 0.717) is 49.3 Å². The normalized spacial score (nSPS) is 11.9. The van der Waals surface area contributed by atoms with Crippen molar-refractivity contribution in [3.05, 3.63) is 90.8 Å². The molecule has 3 rings (SSSR count). The minimum atomic E-state index is -0.716. The van der Waals surface area contributed by atoms with Crippen LogP contribution in [0.5, 0.6) is 0 Å². The van der Waals surface area contributed by atoms with Crippen molar-refractivity contribution in [2.45, 2.75) is 46.7 Å². The highest BCUT2D eigenvalue weighted by atomic mass is 16.5. The molecule has 3 aromatic rings. The van der Waals surface area contributed by atoms with Gasteiger partial charge in [0.2, 0.25) is 0 Å². The van der Waals surface area contributed by atoms with E-state index >= 15 is 0 Å². The van der Waals surface area contributed by atoms with E-state index in [0.717, 1.165) is 16.9 Å². The van der Waals surface area contributed by atoms with Crippen molar-refractivity contribution in [1.29, 1.82) is 0 Å². The molecule has 0 fully saturated rings. The number of hydrogen-bond acceptors (Lipinski definition) is 5. The van der Waals surface area contributed by atoms with Crippen LogP contribution in [0.25, 0.3) is 17.2 Å². The van der Waals surface area contributed by atoms with Gasteiger partial charge < -0.3 is 19.4 Å². The third-order valence-corrected chi connectivity index (χ3v) is 6.30. The summed E-state index contributed by atoms with van der Waals surface area (Å²) >= 11 is 0. The highest BCUT2D eigenvalue weighted by molar-refractivity contribution is 6.47. The lowest BCUT2D eigenvalue weighted by Crippen LogP contribution is -2.37. The number of amidine groups is 1. The van der Waals surface area contributed by atoms with Crippen molar-refractivity contribution in [2.24, 2.45) is 4.99 Å². The molecule has 0 aliphatic rings. The number of nitrogens with one attached hydrogen (secondary N) is 1. The Hall–Kier alpha value is -4.43. The first-order valence-electron chi connectivity index (χ1n) is 14.2. The van der Waals surface area contributed by atoms with E-state index in [1.165, 1.54) is 0 Å². The molecule has 0 aliphatic carbocycles. The highest BCUT2D eigenvalue weighted by Gasteiger charge is 2.26. The van der Waals surface area contributed by atoms with Gasteiger partial charge in [-0.25, -0.2) is 4.99 Å². The number of nitrogens with zero attached hydrogens (tertiary/aromatic N) is 3. The van der Waals surface area contributed by atoms with Crippen LogP contribution in [0.1, 0.15) is 50.8 Å². The van der Waals surface area contributed by atoms with E-state index in [9.17, 15) is 9.59 Å². The molecule has 0 bridgehead atoms. The predicted molar refractivity (Wildman–Crippen MR) is 172 cm³/mol. The average molecular weight is 571 g/mol. The smallest absolute Gasteiger partial charge is 0.298 e. The number of amides is 1. The van der Waals surface area contributed by atoms with Crippen molar-refractivity contribution in [2.75, 3.05) is 37.1 Å². The number of carbonyl (C=O) groups is 2. The van der Waals surface area contributed by atoms with Crippen molar-refractivity contribution in [3.8, 4) is 11.1 Å². The van der Waals surface area contributed by atoms with Crippen LogP contribution in [0.15, 0.2) is 84.4 Å². The summed E-state index contributed by atoms with van der Waals surface area (Å²) in [5, 5.41) is 2.78. The summed E-state index contributed by atoms with van der Waals surface area (Å²) in [6.45, 7) is 15.8. The quantitative estimate of drug-likeness (QED) is 0.0644. The van der Waals surface area contributed by atoms with Crippen LogP contribution >= 0.6 is 0 Å². The van der Waals surface area contributed by atoms with E-state index in [2.05, 4.69) is 11.9 Å². The van der Waals surface area contributed by atoms with Gasteiger partial charge in [0.15, 0.2) is 0 Å². The molecular weight excluding hydrogens is 528 g/mol. The van der Waals surface area contributed by atoms with Gasteiger partial charge in [-0.2, -0.15) is 0 Å². The zero-order valence-corrected chi connectivity index (χ0v) is 25.5. The molecule has 42 heavy (non-hydrogen) atoms. The Bertz CT molecular complexity index is 1410. The molecule has 0 unspecified atom stereocenters. The summed E-state index contributed by atoms with van der Waals surface area (Å²) in [6, 6.07) is 19.2. The molecule has 8 nitrogen and oxygen atoms in total. The van der Waals surface area contributed by atoms with Crippen molar-refractivity contribution in [1.82, 2.24) is 4.57 Å². The fraction of sp³-hybridized carbons (Fsp3) is 0.324. The van der Waals surface area contributed by atoms with Crippen LogP contribution in [-0.4, -0.2) is 54.7 Å². The predicted octanol–water partition coefficient (Wildman–Crippen LogP) is 6.84. The van der Waals surface area contributed by atoms with Gasteiger partial charge in [0.25, 0.3) is 17.7 Å². The molecule has 0 radical (unpaired) electrons. The Kier molecular flexibility index (Phi) is 11.4. The Labute approximate surface area is 249 Å². The number of allylic oxidation sites excluding steroid dienone is 2. The fourth-order valence-electron chi connectivity index (χ4n) is 4.46. The van der Waals surface area contributed by atoms with Gasteiger partial charge in [-0.3, -0.25) is 14.5 Å². The summed E-state index contributed by atoms with van der Waals surface area (Å²) in [5.74, 6) is -1.33. The second-order valence-electron chi connectivity index (χ2n) is 10.5. The maximum absolute atomic E-state index is 13.7. The molecule has 0 spiro atoms. The molecule has 1 amide bonds. The van der Waals surface area contributed by atoms with Crippen molar-refractivity contribution >= 4 is 35.2 Å². The highest BCUT2D eigenvalue weighted by Crippen LogP contribution is 2.29. The summed E-state index contributed by atoms with van der Waals surface area (Å²) in [6.07, 6.45) is 5.37. The van der Waals surface area contributed by atoms with Gasteiger partial charge in [0.05, 0.1) is 25.8 Å². The van der Waals surface area contributed by atoms with Gasteiger partial charge in [-0.15, -0.1) is 0 Å². The lowest BCUT2D eigenvalue weighted by Gasteiger charge is -2.27. The molecule has 0 atom stereocenters. The number of methoxy groups -OCH3 is 1. The van der Waals surface area contributed by atoms with E-state index in [-0.39, 0.29) is 5.54 Å². The number of ether oxygens (including phenoxy) is 2. The number of aromatic nitrogens is 1. The number of aliphatic imine (C=N–C) groups is 1. The lowest BCUT2D eigenvalue weighted by atomic mass is 10.0. The van der Waals surface area contributed by atoms with Crippen LogP contribution in [0.2, 0.25) is 0 Å².